The lowest BCUT2D eigenvalue weighted by Crippen LogP contribution is -2.43. The summed E-state index contributed by atoms with van der Waals surface area (Å²) in [5.74, 6) is -1.23. The minimum Gasteiger partial charge on any atom is -0.288 e. The zero-order chi connectivity index (χ0) is 37.5. The van der Waals surface area contributed by atoms with Gasteiger partial charge in [0.15, 0.2) is 0 Å². The highest BCUT2D eigenvalue weighted by Crippen LogP contribution is 2.50. The van der Waals surface area contributed by atoms with Crippen molar-refractivity contribution < 1.29 is 35.1 Å². The molecule has 0 aromatic heterocycles. The molecule has 2 atom stereocenters. The number of rotatable bonds is 4. The molecule has 4 aromatic carbocycles. The van der Waals surface area contributed by atoms with Gasteiger partial charge >= 0.3 is 12.4 Å². The number of nitrogens with zero attached hydrogens (tertiary/aromatic N) is 3. The van der Waals surface area contributed by atoms with Gasteiger partial charge in [0.1, 0.15) is 28.5 Å². The molecule has 2 aliphatic rings. The van der Waals surface area contributed by atoms with Gasteiger partial charge < -0.3 is 0 Å². The highest BCUT2D eigenvalue weighted by Gasteiger charge is 2.59. The van der Waals surface area contributed by atoms with Crippen molar-refractivity contribution in [1.82, 2.24) is 0 Å². The van der Waals surface area contributed by atoms with Crippen LogP contribution in [-0.2, 0) is 10.8 Å². The Morgan fingerprint density at radius 1 is 0.608 bits per heavy atom. The maximum atomic E-state index is 14.0. The fourth-order valence-corrected chi connectivity index (χ4v) is 7.29. The summed E-state index contributed by atoms with van der Waals surface area (Å²) in [5, 5.41) is 9.37. The van der Waals surface area contributed by atoms with Crippen LogP contribution in [0.3, 0.4) is 0 Å². The summed E-state index contributed by atoms with van der Waals surface area (Å²) in [5.41, 5.74) is -3.73. The topological polar surface area (TPSA) is 48.5 Å². The summed E-state index contributed by atoms with van der Waals surface area (Å²) in [6, 6.07) is 17.0. The van der Waals surface area contributed by atoms with Crippen molar-refractivity contribution in [2.45, 2.75) is 36.0 Å². The maximum absolute atomic E-state index is 14.0. The van der Waals surface area contributed by atoms with E-state index in [2.05, 4.69) is 25.9 Å². The van der Waals surface area contributed by atoms with Gasteiger partial charge in [0.2, 0.25) is 0 Å². The first-order valence-electron chi connectivity index (χ1n) is 14.6. The molecule has 3 nitrogen and oxygen atoms in total. The van der Waals surface area contributed by atoms with Crippen molar-refractivity contribution in [3.8, 4) is 6.07 Å². The molecule has 0 saturated carbocycles. The lowest BCUT2D eigenvalue weighted by Gasteiger charge is -2.31. The van der Waals surface area contributed by atoms with Gasteiger partial charge in [0, 0.05) is 44.4 Å². The Hall–Kier alpha value is -3.21. The smallest absolute Gasteiger partial charge is 0.288 e. The van der Waals surface area contributed by atoms with Crippen LogP contribution in [0.15, 0.2) is 87.3 Å². The van der Waals surface area contributed by atoms with Crippen molar-refractivity contribution in [3.63, 3.8) is 0 Å². The summed E-state index contributed by atoms with van der Waals surface area (Å²) < 4.78 is 111. The van der Waals surface area contributed by atoms with Crippen molar-refractivity contribution in [2.24, 2.45) is 9.98 Å². The molecule has 51 heavy (non-hydrogen) atoms. The molecule has 0 fully saturated rings. The Morgan fingerprint density at radius 3 is 1.37 bits per heavy atom. The Kier molecular flexibility index (Phi) is 11.2. The van der Waals surface area contributed by atoms with Crippen molar-refractivity contribution in [3.05, 3.63) is 137 Å². The van der Waals surface area contributed by atoms with Crippen LogP contribution in [0.25, 0.3) is 0 Å². The Labute approximate surface area is 314 Å². The molecule has 0 aliphatic carbocycles. The van der Waals surface area contributed by atoms with Gasteiger partial charge in [0.25, 0.3) is 0 Å². The third-order valence-corrected chi connectivity index (χ3v) is 10.1. The van der Waals surface area contributed by atoms with Crippen molar-refractivity contribution in [2.75, 3.05) is 13.1 Å². The first-order valence-corrected chi connectivity index (χ1v) is 16.9. The summed E-state index contributed by atoms with van der Waals surface area (Å²) in [6.45, 7) is -1.01. The Bertz CT molecular complexity index is 2070. The Balaban J connectivity index is 0.000000198. The fourth-order valence-electron chi connectivity index (χ4n) is 5.86. The number of benzene rings is 4. The van der Waals surface area contributed by atoms with Crippen LogP contribution in [0.2, 0.25) is 20.1 Å². The van der Waals surface area contributed by atoms with Crippen LogP contribution in [0, 0.1) is 23.0 Å². The number of nitriles is 1. The van der Waals surface area contributed by atoms with E-state index in [1.807, 2.05) is 0 Å². The number of aliphatic imine (C=N–C) groups is 2. The minimum absolute atomic E-state index is 0.0302. The van der Waals surface area contributed by atoms with Crippen molar-refractivity contribution in [1.29, 1.82) is 5.26 Å². The molecule has 2 heterocycles. The lowest BCUT2D eigenvalue weighted by atomic mass is 9.76. The average Bonchev–Trinajstić information content (AvgIpc) is 3.70. The fraction of sp³-hybridized carbons (Fsp3) is 0.229. The number of hydrogen-bond acceptors (Lipinski definition) is 3. The van der Waals surface area contributed by atoms with E-state index in [4.69, 9.17) is 51.7 Å². The molecule has 0 N–H and O–H groups in total. The van der Waals surface area contributed by atoms with E-state index in [0.29, 0.717) is 5.56 Å². The largest absolute Gasteiger partial charge is 0.400 e. The van der Waals surface area contributed by atoms with Gasteiger partial charge in [0.05, 0.1) is 23.1 Å². The highest BCUT2D eigenvalue weighted by molar-refractivity contribution is 9.10. The second-order valence-corrected chi connectivity index (χ2v) is 14.4. The van der Waals surface area contributed by atoms with Crippen LogP contribution in [-0.4, -0.2) is 36.9 Å². The molecule has 0 saturated heterocycles. The van der Waals surface area contributed by atoms with E-state index in [1.54, 1.807) is 6.07 Å². The van der Waals surface area contributed by atoms with E-state index < -0.39 is 54.3 Å². The molecule has 266 valence electrons. The number of alkyl halides is 6. The van der Waals surface area contributed by atoms with Gasteiger partial charge in [-0.05, 0) is 98.8 Å². The summed E-state index contributed by atoms with van der Waals surface area (Å²) in [6.07, 6.45) is -9.98. The SMILES string of the molecule is Fc1ccc(C2=NCC(c3cc(Cl)cc(Cl)c3)(C(F)(F)F)C2)cc1Br.N#Cc1cc(C2=NCC(c3cc(Cl)cc(Cl)c3)(C(F)(F)F)C2)ccc1F. The molecule has 2 unspecified atom stereocenters. The molecular weight excluding hydrogens is 836 g/mol. The summed E-state index contributed by atoms with van der Waals surface area (Å²) in [4.78, 5) is 8.15. The zero-order valence-electron chi connectivity index (χ0n) is 25.5. The molecule has 2 aliphatic heterocycles. The zero-order valence-corrected chi connectivity index (χ0v) is 30.1. The molecule has 0 amide bonds. The molecule has 0 radical (unpaired) electrons. The first kappa shape index (κ1) is 39.0. The van der Waals surface area contributed by atoms with Crippen LogP contribution in [0.1, 0.15) is 40.7 Å². The van der Waals surface area contributed by atoms with E-state index in [0.717, 1.165) is 6.07 Å². The minimum atomic E-state index is -4.61. The predicted molar refractivity (Wildman–Crippen MR) is 186 cm³/mol. The van der Waals surface area contributed by atoms with E-state index >= 15 is 0 Å². The van der Waals surface area contributed by atoms with Gasteiger partial charge in [-0.15, -0.1) is 0 Å². The molecule has 0 spiro atoms. The van der Waals surface area contributed by atoms with E-state index in [1.165, 1.54) is 66.7 Å². The lowest BCUT2D eigenvalue weighted by molar-refractivity contribution is -0.184. The highest BCUT2D eigenvalue weighted by atomic mass is 79.9. The number of hydrogen-bond donors (Lipinski definition) is 0. The average molecular weight is 856 g/mol. The van der Waals surface area contributed by atoms with Gasteiger partial charge in [-0.3, -0.25) is 9.98 Å². The third kappa shape index (κ3) is 7.93. The molecule has 4 aromatic rings. The van der Waals surface area contributed by atoms with Gasteiger partial charge in [-0.1, -0.05) is 58.5 Å². The number of halogens is 13. The summed E-state index contributed by atoms with van der Waals surface area (Å²) in [7, 11) is 0. The second kappa shape index (κ2) is 14.7. The predicted octanol–water partition coefficient (Wildman–Crippen LogP) is 12.3. The third-order valence-electron chi connectivity index (χ3n) is 8.61. The molecule has 6 rings (SSSR count). The molecular formula is C35H20BrCl4F8N3. The molecule has 0 bridgehead atoms. The standard InChI is InChI=1S/C18H10Cl2F4N2.C17H10BrCl2F4N/c19-13-4-12(5-14(20)6-13)17(18(22,23)24)7-16(26-9-17)10-1-2-15(21)11(3-10)8-25;18-13-3-9(1-2-14(13)21)15-7-16(8-25-15,17(22,23)24)10-4-11(19)6-12(20)5-10/h1-6H,7,9H2;1-6H,7-8H2. The van der Waals surface area contributed by atoms with Crippen LogP contribution < -0.4 is 0 Å². The second-order valence-electron chi connectivity index (χ2n) is 11.8. The van der Waals surface area contributed by atoms with Gasteiger partial charge in [-0.25, -0.2) is 8.78 Å². The quantitative estimate of drug-likeness (QED) is 0.189. The van der Waals surface area contributed by atoms with Crippen LogP contribution in [0.4, 0.5) is 35.1 Å². The van der Waals surface area contributed by atoms with E-state index in [9.17, 15) is 35.1 Å². The first-order chi connectivity index (χ1) is 23.8. The van der Waals surface area contributed by atoms with E-state index in [-0.39, 0.29) is 64.7 Å². The normalized spacial score (nSPS) is 20.3. The summed E-state index contributed by atoms with van der Waals surface area (Å²) >= 11 is 26.6. The van der Waals surface area contributed by atoms with Crippen molar-refractivity contribution >= 4 is 73.8 Å². The Morgan fingerprint density at radius 2 is 1.00 bits per heavy atom. The van der Waals surface area contributed by atoms with Crippen LogP contribution >= 0.6 is 62.3 Å². The van der Waals surface area contributed by atoms with Gasteiger partial charge in [-0.2, -0.15) is 31.6 Å². The maximum Gasteiger partial charge on any atom is 0.400 e. The van der Waals surface area contributed by atoms with Crippen LogP contribution in [0.5, 0.6) is 0 Å². The monoisotopic (exact) mass is 853 g/mol. The molecule has 16 heteroatoms.